The maximum absolute atomic E-state index is 10.5. The van der Waals surface area contributed by atoms with Crippen molar-refractivity contribution in [1.82, 2.24) is 4.98 Å². The van der Waals surface area contributed by atoms with Gasteiger partial charge in [-0.1, -0.05) is 24.3 Å². The van der Waals surface area contributed by atoms with Gasteiger partial charge in [0.25, 0.3) is 0 Å². The molecule has 1 aromatic carbocycles. The molecule has 4 heteroatoms. The van der Waals surface area contributed by atoms with E-state index in [4.69, 9.17) is 5.11 Å². The molecular formula is C13H13NO2S. The van der Waals surface area contributed by atoms with Gasteiger partial charge in [0.2, 0.25) is 0 Å². The second kappa shape index (κ2) is 5.10. The van der Waals surface area contributed by atoms with Crippen LogP contribution in [0.15, 0.2) is 29.8 Å². The van der Waals surface area contributed by atoms with Gasteiger partial charge in [0.05, 0.1) is 11.2 Å². The molecule has 2 aromatic rings. The number of rotatable bonds is 4. The molecule has 88 valence electrons. The van der Waals surface area contributed by atoms with E-state index in [1.165, 1.54) is 4.88 Å². The summed E-state index contributed by atoms with van der Waals surface area (Å²) in [4.78, 5) is 16.0. The van der Waals surface area contributed by atoms with Gasteiger partial charge in [-0.2, -0.15) is 0 Å². The Morgan fingerprint density at radius 3 is 2.59 bits per heavy atom. The van der Waals surface area contributed by atoms with Crippen LogP contribution in [0.3, 0.4) is 0 Å². The number of nitrogens with zero attached hydrogens (tertiary/aromatic N) is 1. The summed E-state index contributed by atoms with van der Waals surface area (Å²) in [6.07, 6.45) is 0.751. The second-order valence-electron chi connectivity index (χ2n) is 3.85. The van der Waals surface area contributed by atoms with Crippen LogP contribution in [0.25, 0.3) is 11.3 Å². The smallest absolute Gasteiger partial charge is 0.303 e. The highest BCUT2D eigenvalue weighted by atomic mass is 32.1. The Labute approximate surface area is 104 Å². The number of thiazole rings is 1. The lowest BCUT2D eigenvalue weighted by Gasteiger charge is -2.02. The molecule has 0 aliphatic carbocycles. The molecule has 0 aliphatic rings. The predicted molar refractivity (Wildman–Crippen MR) is 68.2 cm³/mol. The maximum Gasteiger partial charge on any atom is 0.303 e. The first kappa shape index (κ1) is 11.8. The minimum Gasteiger partial charge on any atom is -0.481 e. The summed E-state index contributed by atoms with van der Waals surface area (Å²) >= 11 is 1.63. The highest BCUT2D eigenvalue weighted by Gasteiger charge is 2.05. The number of benzene rings is 1. The van der Waals surface area contributed by atoms with E-state index in [1.54, 1.807) is 11.3 Å². The van der Waals surface area contributed by atoms with E-state index in [2.05, 4.69) is 4.98 Å². The van der Waals surface area contributed by atoms with Crippen molar-refractivity contribution in [3.05, 3.63) is 40.2 Å². The fourth-order valence-electron chi connectivity index (χ4n) is 1.66. The van der Waals surface area contributed by atoms with Crippen LogP contribution in [0, 0.1) is 6.92 Å². The third-order valence-corrected chi connectivity index (χ3v) is 3.36. The molecule has 0 aliphatic heterocycles. The van der Waals surface area contributed by atoms with Crippen molar-refractivity contribution in [1.29, 1.82) is 0 Å². The predicted octanol–water partition coefficient (Wildman–Crippen LogP) is 3.14. The van der Waals surface area contributed by atoms with Gasteiger partial charge < -0.3 is 5.11 Å². The fourth-order valence-corrected chi connectivity index (χ4v) is 2.26. The van der Waals surface area contributed by atoms with Crippen LogP contribution in [0.5, 0.6) is 0 Å². The average molecular weight is 247 g/mol. The Morgan fingerprint density at radius 2 is 2.06 bits per heavy atom. The first-order valence-electron chi connectivity index (χ1n) is 5.38. The molecule has 0 saturated heterocycles. The minimum absolute atomic E-state index is 0.176. The van der Waals surface area contributed by atoms with Crippen molar-refractivity contribution in [2.45, 2.75) is 19.8 Å². The fraction of sp³-hybridized carbons (Fsp3) is 0.231. The molecule has 0 atom stereocenters. The molecule has 0 bridgehead atoms. The summed E-state index contributed by atoms with van der Waals surface area (Å²) < 4.78 is 0. The molecule has 0 unspecified atom stereocenters. The van der Waals surface area contributed by atoms with Crippen molar-refractivity contribution < 1.29 is 9.90 Å². The quantitative estimate of drug-likeness (QED) is 0.903. The zero-order valence-corrected chi connectivity index (χ0v) is 10.3. The maximum atomic E-state index is 10.5. The van der Waals surface area contributed by atoms with E-state index in [9.17, 15) is 4.79 Å². The Kier molecular flexibility index (Phi) is 3.54. The van der Waals surface area contributed by atoms with Crippen molar-refractivity contribution in [3.63, 3.8) is 0 Å². The van der Waals surface area contributed by atoms with Gasteiger partial charge in [0, 0.05) is 16.9 Å². The molecular weight excluding hydrogens is 234 g/mol. The summed E-state index contributed by atoms with van der Waals surface area (Å²) in [5.41, 5.74) is 4.98. The monoisotopic (exact) mass is 247 g/mol. The number of aryl methyl sites for hydroxylation is 2. The molecule has 0 radical (unpaired) electrons. The van der Waals surface area contributed by atoms with Gasteiger partial charge in [-0.15, -0.1) is 11.3 Å². The van der Waals surface area contributed by atoms with Crippen LogP contribution in [0.2, 0.25) is 0 Å². The van der Waals surface area contributed by atoms with E-state index in [0.717, 1.165) is 16.8 Å². The second-order valence-corrected chi connectivity index (χ2v) is 4.91. The number of carbonyl (C=O) groups is 1. The van der Waals surface area contributed by atoms with E-state index in [0.29, 0.717) is 6.42 Å². The van der Waals surface area contributed by atoms with Crippen LogP contribution >= 0.6 is 11.3 Å². The first-order valence-corrected chi connectivity index (χ1v) is 6.26. The molecule has 0 saturated carbocycles. The molecule has 2 rings (SSSR count). The number of aliphatic carboxylic acids is 1. The number of hydrogen-bond donors (Lipinski definition) is 1. The lowest BCUT2D eigenvalue weighted by Crippen LogP contribution is -1.97. The molecule has 0 fully saturated rings. The van der Waals surface area contributed by atoms with Crippen molar-refractivity contribution in [2.24, 2.45) is 0 Å². The van der Waals surface area contributed by atoms with E-state index >= 15 is 0 Å². The highest BCUT2D eigenvalue weighted by Crippen LogP contribution is 2.24. The Balaban J connectivity index is 2.13. The van der Waals surface area contributed by atoms with Gasteiger partial charge >= 0.3 is 5.97 Å². The number of carboxylic acid groups (broad SMARTS) is 1. The van der Waals surface area contributed by atoms with Crippen molar-refractivity contribution in [2.75, 3.05) is 0 Å². The molecule has 1 N–H and O–H groups in total. The lowest BCUT2D eigenvalue weighted by atomic mass is 10.1. The zero-order chi connectivity index (χ0) is 12.3. The lowest BCUT2D eigenvalue weighted by molar-refractivity contribution is -0.136. The number of carboxylic acids is 1. The normalized spacial score (nSPS) is 10.4. The number of aromatic nitrogens is 1. The van der Waals surface area contributed by atoms with E-state index in [1.807, 2.05) is 36.7 Å². The largest absolute Gasteiger partial charge is 0.481 e. The van der Waals surface area contributed by atoms with Gasteiger partial charge in [-0.05, 0) is 18.9 Å². The van der Waals surface area contributed by atoms with Crippen LogP contribution < -0.4 is 0 Å². The average Bonchev–Trinajstić information content (AvgIpc) is 2.73. The van der Waals surface area contributed by atoms with Gasteiger partial charge in [0.1, 0.15) is 0 Å². The van der Waals surface area contributed by atoms with Crippen LogP contribution in [0.1, 0.15) is 16.9 Å². The Morgan fingerprint density at radius 1 is 1.35 bits per heavy atom. The molecule has 1 aromatic heterocycles. The standard InChI is InChI=1S/C13H13NO2S/c1-9-13(14-8-17-9)11-5-2-10(3-6-11)4-7-12(15)16/h2-3,5-6,8H,4,7H2,1H3,(H,15,16). The van der Waals surface area contributed by atoms with Crippen molar-refractivity contribution >= 4 is 17.3 Å². The third kappa shape index (κ3) is 2.91. The van der Waals surface area contributed by atoms with E-state index < -0.39 is 5.97 Å². The summed E-state index contributed by atoms with van der Waals surface area (Å²) in [6, 6.07) is 7.94. The van der Waals surface area contributed by atoms with E-state index in [-0.39, 0.29) is 6.42 Å². The van der Waals surface area contributed by atoms with Gasteiger partial charge in [0.15, 0.2) is 0 Å². The summed E-state index contributed by atoms with van der Waals surface area (Å²) in [5.74, 6) is -0.760. The molecule has 3 nitrogen and oxygen atoms in total. The summed E-state index contributed by atoms with van der Waals surface area (Å²) in [6.45, 7) is 2.05. The molecule has 1 heterocycles. The summed E-state index contributed by atoms with van der Waals surface area (Å²) in [5, 5.41) is 8.61. The van der Waals surface area contributed by atoms with Crippen LogP contribution in [0.4, 0.5) is 0 Å². The minimum atomic E-state index is -0.760. The van der Waals surface area contributed by atoms with Gasteiger partial charge in [-0.3, -0.25) is 4.79 Å². The van der Waals surface area contributed by atoms with Crippen molar-refractivity contribution in [3.8, 4) is 11.3 Å². The Hall–Kier alpha value is -1.68. The Bertz CT molecular complexity index is 516. The summed E-state index contributed by atoms with van der Waals surface area (Å²) in [7, 11) is 0. The van der Waals surface area contributed by atoms with Crippen LogP contribution in [-0.4, -0.2) is 16.1 Å². The molecule has 0 amide bonds. The topological polar surface area (TPSA) is 50.2 Å². The van der Waals surface area contributed by atoms with Gasteiger partial charge in [-0.25, -0.2) is 4.98 Å². The first-order chi connectivity index (χ1) is 8.16. The molecule has 0 spiro atoms. The number of hydrogen-bond acceptors (Lipinski definition) is 3. The SMILES string of the molecule is Cc1scnc1-c1ccc(CCC(=O)O)cc1. The highest BCUT2D eigenvalue weighted by molar-refractivity contribution is 7.10. The molecule has 17 heavy (non-hydrogen) atoms. The third-order valence-electron chi connectivity index (χ3n) is 2.60. The zero-order valence-electron chi connectivity index (χ0n) is 9.51. The van der Waals surface area contributed by atoms with Crippen LogP contribution in [-0.2, 0) is 11.2 Å².